The molecule has 6 heteroatoms. The molecule has 2 N–H and O–H groups in total. The summed E-state index contributed by atoms with van der Waals surface area (Å²) in [6.45, 7) is 1.63. The highest BCUT2D eigenvalue weighted by atomic mass is 19.4. The molecule has 1 aromatic carbocycles. The summed E-state index contributed by atoms with van der Waals surface area (Å²) >= 11 is 0. The van der Waals surface area contributed by atoms with Crippen molar-refractivity contribution in [2.24, 2.45) is 0 Å². The molecule has 0 aliphatic carbocycles. The SMILES string of the molecule is CC(c1ccccc1C(F)(F)F)n1nccc1N. The lowest BCUT2D eigenvalue weighted by atomic mass is 10.0. The van der Waals surface area contributed by atoms with Crippen molar-refractivity contribution in [3.8, 4) is 0 Å². The van der Waals surface area contributed by atoms with Crippen molar-refractivity contribution < 1.29 is 13.2 Å². The van der Waals surface area contributed by atoms with Gasteiger partial charge in [-0.1, -0.05) is 18.2 Å². The zero-order valence-corrected chi connectivity index (χ0v) is 9.65. The number of anilines is 1. The van der Waals surface area contributed by atoms with Gasteiger partial charge >= 0.3 is 6.18 Å². The van der Waals surface area contributed by atoms with E-state index in [4.69, 9.17) is 5.73 Å². The van der Waals surface area contributed by atoms with Crippen molar-refractivity contribution in [1.29, 1.82) is 0 Å². The Kier molecular flexibility index (Phi) is 3.02. The monoisotopic (exact) mass is 255 g/mol. The van der Waals surface area contributed by atoms with Crippen molar-refractivity contribution >= 4 is 5.82 Å². The molecular weight excluding hydrogens is 243 g/mol. The van der Waals surface area contributed by atoms with Gasteiger partial charge < -0.3 is 5.73 Å². The summed E-state index contributed by atoms with van der Waals surface area (Å²) in [5.74, 6) is 0.333. The molecule has 0 amide bonds. The van der Waals surface area contributed by atoms with Gasteiger partial charge in [-0.15, -0.1) is 0 Å². The number of halogens is 3. The summed E-state index contributed by atoms with van der Waals surface area (Å²) in [5.41, 5.74) is 5.15. The number of hydrogen-bond donors (Lipinski definition) is 1. The molecular formula is C12H12F3N3. The number of hydrogen-bond acceptors (Lipinski definition) is 2. The highest BCUT2D eigenvalue weighted by Gasteiger charge is 2.34. The quantitative estimate of drug-likeness (QED) is 0.896. The Balaban J connectivity index is 2.49. The number of rotatable bonds is 2. The second-order valence-corrected chi connectivity index (χ2v) is 3.96. The number of nitrogen functional groups attached to an aromatic ring is 1. The van der Waals surface area contributed by atoms with Gasteiger partial charge in [0.2, 0.25) is 0 Å². The highest BCUT2D eigenvalue weighted by Crippen LogP contribution is 2.35. The Bertz CT molecular complexity index is 545. The van der Waals surface area contributed by atoms with Crippen molar-refractivity contribution in [2.45, 2.75) is 19.1 Å². The first-order chi connectivity index (χ1) is 8.41. The lowest BCUT2D eigenvalue weighted by molar-refractivity contribution is -0.138. The standard InChI is InChI=1S/C12H12F3N3/c1-8(18-11(16)6-7-17-18)9-4-2-3-5-10(9)12(13,14)15/h2-8H,16H2,1H3. The van der Waals surface area contributed by atoms with Gasteiger partial charge in [-0.2, -0.15) is 18.3 Å². The minimum absolute atomic E-state index is 0.153. The summed E-state index contributed by atoms with van der Waals surface area (Å²) in [7, 11) is 0. The van der Waals surface area contributed by atoms with Crippen LogP contribution in [0, 0.1) is 0 Å². The largest absolute Gasteiger partial charge is 0.416 e. The molecule has 1 aromatic heterocycles. The van der Waals surface area contributed by atoms with E-state index in [1.54, 1.807) is 19.1 Å². The zero-order valence-electron chi connectivity index (χ0n) is 9.65. The Morgan fingerprint density at radius 3 is 2.44 bits per heavy atom. The van der Waals surface area contributed by atoms with E-state index >= 15 is 0 Å². The lowest BCUT2D eigenvalue weighted by Gasteiger charge is -2.19. The Hall–Kier alpha value is -1.98. The van der Waals surface area contributed by atoms with Crippen LogP contribution in [-0.4, -0.2) is 9.78 Å². The zero-order chi connectivity index (χ0) is 13.3. The van der Waals surface area contributed by atoms with Gasteiger partial charge in [0, 0.05) is 0 Å². The highest BCUT2D eigenvalue weighted by molar-refractivity contribution is 5.35. The van der Waals surface area contributed by atoms with E-state index < -0.39 is 17.8 Å². The molecule has 0 saturated heterocycles. The number of nitrogens with zero attached hydrogens (tertiary/aromatic N) is 2. The fraction of sp³-hybridized carbons (Fsp3) is 0.250. The third-order valence-electron chi connectivity index (χ3n) is 2.78. The van der Waals surface area contributed by atoms with Crippen molar-refractivity contribution in [3.05, 3.63) is 47.7 Å². The molecule has 0 spiro atoms. The maximum Gasteiger partial charge on any atom is 0.416 e. The molecule has 0 saturated carbocycles. The van der Waals surface area contributed by atoms with Gasteiger partial charge in [0.15, 0.2) is 0 Å². The van der Waals surface area contributed by atoms with Crippen LogP contribution in [0.15, 0.2) is 36.5 Å². The third kappa shape index (κ3) is 2.18. The van der Waals surface area contributed by atoms with E-state index in [2.05, 4.69) is 5.10 Å². The minimum atomic E-state index is -4.38. The molecule has 1 atom stereocenters. The summed E-state index contributed by atoms with van der Waals surface area (Å²) in [6, 6.07) is 6.41. The summed E-state index contributed by atoms with van der Waals surface area (Å²) in [5, 5.41) is 3.94. The molecule has 1 heterocycles. The van der Waals surface area contributed by atoms with E-state index in [9.17, 15) is 13.2 Å². The molecule has 2 aromatic rings. The lowest BCUT2D eigenvalue weighted by Crippen LogP contribution is -2.17. The predicted molar refractivity (Wildman–Crippen MR) is 61.9 cm³/mol. The molecule has 0 bridgehead atoms. The Morgan fingerprint density at radius 1 is 1.22 bits per heavy atom. The average Bonchev–Trinajstić information content (AvgIpc) is 2.73. The van der Waals surface area contributed by atoms with Crippen LogP contribution >= 0.6 is 0 Å². The topological polar surface area (TPSA) is 43.8 Å². The summed E-state index contributed by atoms with van der Waals surface area (Å²) in [6.07, 6.45) is -2.92. The fourth-order valence-electron chi connectivity index (χ4n) is 1.90. The fourth-order valence-corrected chi connectivity index (χ4v) is 1.90. The van der Waals surface area contributed by atoms with Crippen LogP contribution in [0.4, 0.5) is 19.0 Å². The molecule has 0 radical (unpaired) electrons. The normalized spacial score (nSPS) is 13.6. The second-order valence-electron chi connectivity index (χ2n) is 3.96. The summed E-state index contributed by atoms with van der Waals surface area (Å²) < 4.78 is 40.0. The molecule has 1 unspecified atom stereocenters. The number of benzene rings is 1. The number of nitrogens with two attached hydrogens (primary N) is 1. The van der Waals surface area contributed by atoms with Gasteiger partial charge in [0.05, 0.1) is 17.8 Å². The van der Waals surface area contributed by atoms with Crippen molar-refractivity contribution in [2.75, 3.05) is 5.73 Å². The first-order valence-corrected chi connectivity index (χ1v) is 5.36. The Labute approximate surface area is 102 Å². The first-order valence-electron chi connectivity index (χ1n) is 5.36. The van der Waals surface area contributed by atoms with Crippen LogP contribution in [0.25, 0.3) is 0 Å². The molecule has 0 fully saturated rings. The first kappa shape index (κ1) is 12.5. The van der Waals surface area contributed by atoms with Gasteiger partial charge in [-0.25, -0.2) is 4.68 Å². The van der Waals surface area contributed by atoms with Crippen LogP contribution in [0.1, 0.15) is 24.1 Å². The molecule has 3 nitrogen and oxygen atoms in total. The van der Waals surface area contributed by atoms with Gasteiger partial charge in [0.25, 0.3) is 0 Å². The molecule has 0 aliphatic heterocycles. The third-order valence-corrected chi connectivity index (χ3v) is 2.78. The van der Waals surface area contributed by atoms with Crippen LogP contribution in [0.5, 0.6) is 0 Å². The predicted octanol–water partition coefficient (Wildman–Crippen LogP) is 3.09. The van der Waals surface area contributed by atoms with E-state index in [-0.39, 0.29) is 5.56 Å². The smallest absolute Gasteiger partial charge is 0.384 e. The van der Waals surface area contributed by atoms with E-state index in [0.717, 1.165) is 6.07 Å². The van der Waals surface area contributed by atoms with Gasteiger partial charge in [-0.3, -0.25) is 0 Å². The average molecular weight is 255 g/mol. The molecule has 2 rings (SSSR count). The van der Waals surface area contributed by atoms with E-state index in [1.165, 1.54) is 23.0 Å². The molecule has 0 aliphatic rings. The van der Waals surface area contributed by atoms with Crippen molar-refractivity contribution in [3.63, 3.8) is 0 Å². The van der Waals surface area contributed by atoms with Crippen molar-refractivity contribution in [1.82, 2.24) is 9.78 Å². The van der Waals surface area contributed by atoms with Crippen LogP contribution in [0.3, 0.4) is 0 Å². The van der Waals surface area contributed by atoms with E-state index in [0.29, 0.717) is 5.82 Å². The second kappa shape index (κ2) is 4.36. The number of aromatic nitrogens is 2. The molecule has 96 valence electrons. The maximum atomic E-state index is 12.9. The van der Waals surface area contributed by atoms with Crippen LogP contribution in [0.2, 0.25) is 0 Å². The van der Waals surface area contributed by atoms with Crippen LogP contribution in [-0.2, 0) is 6.18 Å². The van der Waals surface area contributed by atoms with Crippen LogP contribution < -0.4 is 5.73 Å². The molecule has 18 heavy (non-hydrogen) atoms. The maximum absolute atomic E-state index is 12.9. The van der Waals surface area contributed by atoms with E-state index in [1.807, 2.05) is 0 Å². The number of alkyl halides is 3. The summed E-state index contributed by atoms with van der Waals surface area (Å²) in [4.78, 5) is 0. The minimum Gasteiger partial charge on any atom is -0.384 e. The Morgan fingerprint density at radius 2 is 1.89 bits per heavy atom. The van der Waals surface area contributed by atoms with Gasteiger partial charge in [-0.05, 0) is 24.6 Å². The van der Waals surface area contributed by atoms with Gasteiger partial charge in [0.1, 0.15) is 5.82 Å².